The number of carboxylic acids is 1. The number of ether oxygens (including phenoxy) is 2. The van der Waals surface area contributed by atoms with Gasteiger partial charge < -0.3 is 47.3 Å². The smallest absolute Gasteiger partial charge is 0.326 e. The molecule has 1 aliphatic rings. The number of fused-ring (bicyclic) bond motifs is 2. The van der Waals surface area contributed by atoms with Gasteiger partial charge in [0.2, 0.25) is 29.6 Å². The van der Waals surface area contributed by atoms with Crippen LogP contribution in [0.3, 0.4) is 0 Å². The normalized spacial score (nSPS) is 14.9. The maximum Gasteiger partial charge on any atom is 0.326 e. The summed E-state index contributed by atoms with van der Waals surface area (Å²) in [7, 11) is -4.19. The average molecular weight is 985 g/mol. The van der Waals surface area contributed by atoms with E-state index in [0.717, 1.165) is 16.3 Å². The lowest BCUT2D eigenvalue weighted by atomic mass is 9.94. The molecule has 70 heavy (non-hydrogen) atoms. The first-order valence-electron chi connectivity index (χ1n) is 23.1. The molecule has 0 fully saturated rings. The minimum absolute atomic E-state index is 0.0335. The number of carbonyl (C=O) groups excluding carboxylic acids is 4. The molecule has 378 valence electrons. The van der Waals surface area contributed by atoms with Gasteiger partial charge in [0.05, 0.1) is 17.0 Å². The number of amides is 4. The first-order chi connectivity index (χ1) is 32.5. The number of carboxylic acid groups (broad SMARTS) is 1. The van der Waals surface area contributed by atoms with E-state index < -0.39 is 81.0 Å². The zero-order valence-electron chi connectivity index (χ0n) is 41.7. The van der Waals surface area contributed by atoms with Crippen LogP contribution in [0.2, 0.25) is 0 Å². The summed E-state index contributed by atoms with van der Waals surface area (Å²) in [5.74, 6) is -3.34. The minimum Gasteiger partial charge on any atom is -0.488 e. The van der Waals surface area contributed by atoms with Crippen LogP contribution in [0.15, 0.2) is 76.6 Å². The predicted molar refractivity (Wildman–Crippen MR) is 268 cm³/mol. The van der Waals surface area contributed by atoms with E-state index in [-0.39, 0.29) is 43.1 Å². The third-order valence-electron chi connectivity index (χ3n) is 11.7. The highest BCUT2D eigenvalue weighted by molar-refractivity contribution is 7.90. The maximum absolute atomic E-state index is 14.2. The Labute approximate surface area is 410 Å². The third kappa shape index (κ3) is 14.6. The van der Waals surface area contributed by atoms with Gasteiger partial charge in [-0.3, -0.25) is 24.2 Å². The summed E-state index contributed by atoms with van der Waals surface area (Å²) in [6.07, 6.45) is 0.532. The number of benzene rings is 4. The van der Waals surface area contributed by atoms with Crippen molar-refractivity contribution in [2.45, 2.75) is 141 Å². The predicted octanol–water partition coefficient (Wildman–Crippen LogP) is 3.91. The van der Waals surface area contributed by atoms with Gasteiger partial charge in [-0.15, -0.1) is 0 Å². The van der Waals surface area contributed by atoms with Gasteiger partial charge >= 0.3 is 5.97 Å². The zero-order valence-corrected chi connectivity index (χ0v) is 42.5. The van der Waals surface area contributed by atoms with Crippen molar-refractivity contribution in [2.24, 2.45) is 16.5 Å². The molecule has 0 unspecified atom stereocenters. The van der Waals surface area contributed by atoms with Crippen LogP contribution in [-0.4, -0.2) is 97.0 Å². The van der Waals surface area contributed by atoms with Crippen molar-refractivity contribution in [2.75, 3.05) is 13.1 Å². The number of nitrogens with one attached hydrogen (secondary N) is 5. The van der Waals surface area contributed by atoms with Gasteiger partial charge in [-0.25, -0.2) is 17.9 Å². The zero-order chi connectivity index (χ0) is 51.9. The first kappa shape index (κ1) is 54.2. The van der Waals surface area contributed by atoms with Crippen LogP contribution in [-0.2, 0) is 53.3 Å². The lowest BCUT2D eigenvalue weighted by molar-refractivity contribution is -0.141. The fourth-order valence-corrected chi connectivity index (χ4v) is 9.60. The monoisotopic (exact) mass is 984 g/mol. The Bertz CT molecular complexity index is 2760. The summed E-state index contributed by atoms with van der Waals surface area (Å²) in [6.45, 7) is 17.1. The minimum atomic E-state index is -4.19. The molecule has 3 atom stereocenters. The number of carbonyl (C=O) groups is 5. The summed E-state index contributed by atoms with van der Waals surface area (Å²) < 4.78 is 41.9. The van der Waals surface area contributed by atoms with Gasteiger partial charge in [-0.05, 0) is 133 Å². The summed E-state index contributed by atoms with van der Waals surface area (Å²) in [5.41, 5.74) is 13.8. The molecule has 0 radical (unpaired) electrons. The Morgan fingerprint density at radius 3 is 2.07 bits per heavy atom. The number of rotatable bonds is 20. The van der Waals surface area contributed by atoms with Crippen molar-refractivity contribution >= 4 is 56.4 Å². The number of nitrogens with zero attached hydrogens (tertiary/aromatic N) is 1. The van der Waals surface area contributed by atoms with Gasteiger partial charge in [-0.2, -0.15) is 0 Å². The molecule has 0 bridgehead atoms. The Kier molecular flexibility index (Phi) is 17.0. The van der Waals surface area contributed by atoms with E-state index in [0.29, 0.717) is 45.7 Å². The number of nitrogens with two attached hydrogens (primary N) is 2. The van der Waals surface area contributed by atoms with Crippen LogP contribution < -0.4 is 46.9 Å². The van der Waals surface area contributed by atoms with Crippen molar-refractivity contribution in [3.8, 4) is 11.5 Å². The van der Waals surface area contributed by atoms with Gasteiger partial charge in [0.25, 0.3) is 10.0 Å². The SMILES string of the molecule is Cc1c(C)c(S(=O)(=O)NC(N)=NCCC[C@H](NC(=O)C(C)(C)N)C(=O)N[C@@H](Cc2ccc3ccccc3c2)C(=O)NCC(=O)N[C@H](Cc2ccc(OC(C)(C)C)cc2)C(=O)O)c(C)c2c1OC(C)(C)C2. The molecule has 4 amide bonds. The van der Waals surface area contributed by atoms with Gasteiger partial charge in [0.1, 0.15) is 40.8 Å². The second-order valence-electron chi connectivity index (χ2n) is 20.0. The second kappa shape index (κ2) is 21.9. The molecule has 0 saturated carbocycles. The highest BCUT2D eigenvalue weighted by Crippen LogP contribution is 2.43. The largest absolute Gasteiger partial charge is 0.488 e. The molecule has 0 spiro atoms. The van der Waals surface area contributed by atoms with Crippen LogP contribution >= 0.6 is 0 Å². The third-order valence-corrected chi connectivity index (χ3v) is 13.3. The lowest BCUT2D eigenvalue weighted by Gasteiger charge is -2.26. The quantitative estimate of drug-likeness (QED) is 0.0356. The number of guanidine groups is 1. The molecule has 5 rings (SSSR count). The van der Waals surface area contributed by atoms with E-state index >= 15 is 0 Å². The standard InChI is InChI=1S/C51H68N8O10S/c1-29-30(2)43(31(3)37-27-50(7,8)69-42(29)37)70(66,67)59-48(52)54-23-13-16-38(58-47(65)51(9,10)53)45(62)57-39(26-33-17-20-34-14-11-12-15-35(34)24-33)44(61)55-28-41(60)56-40(46(63)64)25-32-18-21-36(22-19-32)68-49(4,5)6/h11-12,14-15,17-22,24,38-40H,13,16,23,25-28,53H2,1-10H3,(H,55,61)(H,56,60)(H,57,62)(H,58,65)(H,63,64)(H3,52,54,59)/t38-,39-,40+/m0/s1. The average Bonchev–Trinajstić information content (AvgIpc) is 3.60. The number of hydrogen-bond donors (Lipinski definition) is 8. The summed E-state index contributed by atoms with van der Waals surface area (Å²) >= 11 is 0. The number of aliphatic imine (C=N–C) groups is 1. The molecule has 1 heterocycles. The molecule has 4 aromatic carbocycles. The van der Waals surface area contributed by atoms with Crippen molar-refractivity contribution in [3.63, 3.8) is 0 Å². The fourth-order valence-electron chi connectivity index (χ4n) is 8.08. The maximum atomic E-state index is 14.2. The van der Waals surface area contributed by atoms with E-state index in [1.165, 1.54) is 13.8 Å². The van der Waals surface area contributed by atoms with Crippen LogP contribution in [0.5, 0.6) is 11.5 Å². The molecule has 0 aromatic heterocycles. The van der Waals surface area contributed by atoms with Crippen molar-refractivity contribution in [1.82, 2.24) is 26.0 Å². The number of aliphatic carboxylic acids is 1. The Balaban J connectivity index is 1.29. The van der Waals surface area contributed by atoms with Gasteiger partial charge in [-0.1, -0.05) is 54.6 Å². The number of sulfonamides is 1. The summed E-state index contributed by atoms with van der Waals surface area (Å²) in [5, 5.41) is 22.2. The molecular weight excluding hydrogens is 917 g/mol. The highest BCUT2D eigenvalue weighted by atomic mass is 32.2. The lowest BCUT2D eigenvalue weighted by Crippen LogP contribution is -2.58. The molecule has 4 aromatic rings. The molecular formula is C51H68N8O10S. The molecule has 0 saturated heterocycles. The van der Waals surface area contributed by atoms with Crippen molar-refractivity contribution < 1.29 is 47.0 Å². The second-order valence-corrected chi connectivity index (χ2v) is 21.6. The van der Waals surface area contributed by atoms with Crippen molar-refractivity contribution in [3.05, 3.63) is 100 Å². The molecule has 19 heteroatoms. The van der Waals surface area contributed by atoms with E-state index in [9.17, 15) is 37.5 Å². The van der Waals surface area contributed by atoms with Crippen LogP contribution in [0.4, 0.5) is 0 Å². The Hall–Kier alpha value is -6.73. The fraction of sp³-hybridized carbons (Fsp3) is 0.451. The van der Waals surface area contributed by atoms with E-state index in [4.69, 9.17) is 20.9 Å². The van der Waals surface area contributed by atoms with Crippen molar-refractivity contribution in [1.29, 1.82) is 0 Å². The topological polar surface area (TPSA) is 283 Å². The van der Waals surface area contributed by atoms with Crippen LogP contribution in [0.25, 0.3) is 10.8 Å². The summed E-state index contributed by atoms with van der Waals surface area (Å²) in [6, 6.07) is 16.1. The highest BCUT2D eigenvalue weighted by Gasteiger charge is 2.37. The summed E-state index contributed by atoms with van der Waals surface area (Å²) in [4.78, 5) is 71.0. The van der Waals surface area contributed by atoms with E-state index in [1.807, 2.05) is 77.9 Å². The first-order valence-corrected chi connectivity index (χ1v) is 24.6. The Morgan fingerprint density at radius 2 is 1.44 bits per heavy atom. The van der Waals surface area contributed by atoms with Gasteiger partial charge in [0.15, 0.2) is 0 Å². The van der Waals surface area contributed by atoms with Gasteiger partial charge in [0, 0.05) is 31.4 Å². The molecule has 0 aliphatic carbocycles. The van der Waals surface area contributed by atoms with Crippen LogP contribution in [0, 0.1) is 20.8 Å². The van der Waals surface area contributed by atoms with E-state index in [1.54, 1.807) is 44.2 Å². The molecule has 18 nitrogen and oxygen atoms in total. The molecule has 10 N–H and O–H groups in total. The Morgan fingerprint density at radius 1 is 0.814 bits per heavy atom. The number of hydrogen-bond acceptors (Lipinski definition) is 11. The molecule has 1 aliphatic heterocycles. The van der Waals surface area contributed by atoms with E-state index in [2.05, 4.69) is 31.0 Å². The van der Waals surface area contributed by atoms with Crippen LogP contribution in [0.1, 0.15) is 94.7 Å².